The van der Waals surface area contributed by atoms with E-state index < -0.39 is 0 Å². The maximum Gasteiger partial charge on any atom is 0.187 e. The number of nitrogens with two attached hydrogens (primary N) is 1. The standard InChI is InChI=1S/C11H17N3S/c1-15-11-13-9(5-6-12)7-10(14-11)8-3-2-4-8/h7-8H,2-6,12H2,1H3. The van der Waals surface area contributed by atoms with E-state index in [-0.39, 0.29) is 0 Å². The van der Waals surface area contributed by atoms with E-state index in [2.05, 4.69) is 16.0 Å². The molecule has 1 heterocycles. The Labute approximate surface area is 94.9 Å². The van der Waals surface area contributed by atoms with Gasteiger partial charge in [0.1, 0.15) is 0 Å². The second kappa shape index (κ2) is 4.94. The van der Waals surface area contributed by atoms with Crippen molar-refractivity contribution in [3.8, 4) is 0 Å². The van der Waals surface area contributed by atoms with Crippen molar-refractivity contribution in [2.24, 2.45) is 5.73 Å². The summed E-state index contributed by atoms with van der Waals surface area (Å²) in [6, 6.07) is 2.14. The number of rotatable bonds is 4. The summed E-state index contributed by atoms with van der Waals surface area (Å²) < 4.78 is 0. The van der Waals surface area contributed by atoms with Gasteiger partial charge in [-0.3, -0.25) is 0 Å². The van der Waals surface area contributed by atoms with Gasteiger partial charge in [-0.1, -0.05) is 18.2 Å². The molecule has 82 valence electrons. The first-order chi connectivity index (χ1) is 7.33. The van der Waals surface area contributed by atoms with Crippen molar-refractivity contribution in [2.45, 2.75) is 36.8 Å². The molecule has 0 amide bonds. The predicted molar refractivity (Wildman–Crippen MR) is 63.2 cm³/mol. The van der Waals surface area contributed by atoms with E-state index in [1.54, 1.807) is 11.8 Å². The summed E-state index contributed by atoms with van der Waals surface area (Å²) in [7, 11) is 0. The molecule has 0 aliphatic heterocycles. The number of nitrogens with zero attached hydrogens (tertiary/aromatic N) is 2. The largest absolute Gasteiger partial charge is 0.330 e. The summed E-state index contributed by atoms with van der Waals surface area (Å²) in [5.74, 6) is 0.676. The smallest absolute Gasteiger partial charge is 0.187 e. The Hall–Kier alpha value is -0.610. The van der Waals surface area contributed by atoms with Crippen LogP contribution >= 0.6 is 11.8 Å². The van der Waals surface area contributed by atoms with Gasteiger partial charge >= 0.3 is 0 Å². The molecule has 0 aromatic carbocycles. The fourth-order valence-corrected chi connectivity index (χ4v) is 2.18. The highest BCUT2D eigenvalue weighted by Gasteiger charge is 2.21. The molecule has 1 aromatic heterocycles. The van der Waals surface area contributed by atoms with E-state index in [0.29, 0.717) is 12.5 Å². The van der Waals surface area contributed by atoms with E-state index >= 15 is 0 Å². The average molecular weight is 223 g/mol. The molecular formula is C11H17N3S. The van der Waals surface area contributed by atoms with E-state index in [1.807, 2.05) is 6.26 Å². The van der Waals surface area contributed by atoms with Crippen LogP contribution in [0.25, 0.3) is 0 Å². The molecule has 1 fully saturated rings. The minimum atomic E-state index is 0.662. The lowest BCUT2D eigenvalue weighted by Gasteiger charge is -2.25. The van der Waals surface area contributed by atoms with Gasteiger partial charge in [-0.25, -0.2) is 9.97 Å². The third-order valence-corrected chi connectivity index (χ3v) is 3.43. The van der Waals surface area contributed by atoms with Crippen molar-refractivity contribution in [1.29, 1.82) is 0 Å². The highest BCUT2D eigenvalue weighted by Crippen LogP contribution is 2.35. The lowest BCUT2D eigenvalue weighted by atomic mass is 9.82. The molecule has 0 unspecified atom stereocenters. The molecule has 4 heteroatoms. The van der Waals surface area contributed by atoms with Crippen molar-refractivity contribution in [3.05, 3.63) is 17.5 Å². The Kier molecular flexibility index (Phi) is 3.59. The monoisotopic (exact) mass is 223 g/mol. The SMILES string of the molecule is CSc1nc(CCN)cc(C2CCC2)n1. The molecule has 1 aromatic rings. The minimum Gasteiger partial charge on any atom is -0.330 e. The maximum absolute atomic E-state index is 5.56. The van der Waals surface area contributed by atoms with Gasteiger partial charge in [-0.2, -0.15) is 0 Å². The molecule has 0 spiro atoms. The van der Waals surface area contributed by atoms with Gasteiger partial charge in [0.25, 0.3) is 0 Å². The van der Waals surface area contributed by atoms with Gasteiger partial charge in [-0.05, 0) is 31.7 Å². The molecule has 2 N–H and O–H groups in total. The van der Waals surface area contributed by atoms with Crippen molar-refractivity contribution >= 4 is 11.8 Å². The lowest BCUT2D eigenvalue weighted by Crippen LogP contribution is -2.13. The first-order valence-electron chi connectivity index (χ1n) is 5.45. The third-order valence-electron chi connectivity index (χ3n) is 2.88. The molecule has 1 saturated carbocycles. The summed E-state index contributed by atoms with van der Waals surface area (Å²) in [5.41, 5.74) is 7.88. The van der Waals surface area contributed by atoms with Gasteiger partial charge in [0.2, 0.25) is 0 Å². The summed E-state index contributed by atoms with van der Waals surface area (Å²) in [6.45, 7) is 0.662. The van der Waals surface area contributed by atoms with Crippen LogP contribution in [-0.4, -0.2) is 22.8 Å². The fourth-order valence-electron chi connectivity index (χ4n) is 1.77. The highest BCUT2D eigenvalue weighted by molar-refractivity contribution is 7.98. The Morgan fingerprint density at radius 2 is 2.27 bits per heavy atom. The minimum absolute atomic E-state index is 0.662. The maximum atomic E-state index is 5.56. The van der Waals surface area contributed by atoms with Crippen molar-refractivity contribution in [2.75, 3.05) is 12.8 Å². The number of aromatic nitrogens is 2. The second-order valence-corrected chi connectivity index (χ2v) is 4.71. The van der Waals surface area contributed by atoms with E-state index in [1.165, 1.54) is 25.0 Å². The second-order valence-electron chi connectivity index (χ2n) is 3.94. The molecule has 3 nitrogen and oxygen atoms in total. The Morgan fingerprint density at radius 1 is 1.47 bits per heavy atom. The van der Waals surface area contributed by atoms with Gasteiger partial charge in [0.15, 0.2) is 5.16 Å². The van der Waals surface area contributed by atoms with Crippen LogP contribution in [0.2, 0.25) is 0 Å². The Morgan fingerprint density at radius 3 is 2.80 bits per heavy atom. The van der Waals surface area contributed by atoms with Crippen LogP contribution in [-0.2, 0) is 6.42 Å². The molecule has 2 rings (SSSR count). The zero-order valence-corrected chi connectivity index (χ0v) is 9.89. The first-order valence-corrected chi connectivity index (χ1v) is 6.68. The normalized spacial score (nSPS) is 16.4. The van der Waals surface area contributed by atoms with E-state index in [9.17, 15) is 0 Å². The Balaban J connectivity index is 2.23. The van der Waals surface area contributed by atoms with Gasteiger partial charge in [0.05, 0.1) is 0 Å². The molecule has 1 aliphatic carbocycles. The number of hydrogen-bond donors (Lipinski definition) is 1. The average Bonchev–Trinajstić information content (AvgIpc) is 2.15. The summed E-state index contributed by atoms with van der Waals surface area (Å²) >= 11 is 1.61. The van der Waals surface area contributed by atoms with Crippen LogP contribution in [0.3, 0.4) is 0 Å². The van der Waals surface area contributed by atoms with Crippen LogP contribution in [0.15, 0.2) is 11.2 Å². The van der Waals surface area contributed by atoms with Gasteiger partial charge in [0, 0.05) is 23.7 Å². The molecule has 0 radical (unpaired) electrons. The first kappa shape index (κ1) is 10.9. The summed E-state index contributed by atoms with van der Waals surface area (Å²) in [4.78, 5) is 9.02. The van der Waals surface area contributed by atoms with Crippen LogP contribution in [0.4, 0.5) is 0 Å². The van der Waals surface area contributed by atoms with Gasteiger partial charge in [-0.15, -0.1) is 0 Å². The molecule has 15 heavy (non-hydrogen) atoms. The van der Waals surface area contributed by atoms with E-state index in [4.69, 9.17) is 5.73 Å². The lowest BCUT2D eigenvalue weighted by molar-refractivity contribution is 0.407. The quantitative estimate of drug-likeness (QED) is 0.626. The molecule has 1 aliphatic rings. The third kappa shape index (κ3) is 2.49. The van der Waals surface area contributed by atoms with Crippen LogP contribution in [0.1, 0.15) is 36.6 Å². The molecule has 0 bridgehead atoms. The molecule has 0 atom stereocenters. The zero-order valence-electron chi connectivity index (χ0n) is 9.07. The Bertz CT molecular complexity index is 337. The van der Waals surface area contributed by atoms with Crippen LogP contribution in [0.5, 0.6) is 0 Å². The highest BCUT2D eigenvalue weighted by atomic mass is 32.2. The van der Waals surface area contributed by atoms with Crippen LogP contribution < -0.4 is 5.73 Å². The fraction of sp³-hybridized carbons (Fsp3) is 0.636. The van der Waals surface area contributed by atoms with Crippen molar-refractivity contribution < 1.29 is 0 Å². The predicted octanol–water partition coefficient (Wildman–Crippen LogP) is 1.97. The van der Waals surface area contributed by atoms with Gasteiger partial charge < -0.3 is 5.73 Å². The van der Waals surface area contributed by atoms with Crippen molar-refractivity contribution in [1.82, 2.24) is 9.97 Å². The molecule has 0 saturated heterocycles. The topological polar surface area (TPSA) is 51.8 Å². The van der Waals surface area contributed by atoms with Crippen molar-refractivity contribution in [3.63, 3.8) is 0 Å². The summed E-state index contributed by atoms with van der Waals surface area (Å²) in [6.07, 6.45) is 6.79. The number of hydrogen-bond acceptors (Lipinski definition) is 4. The molecular weight excluding hydrogens is 206 g/mol. The zero-order chi connectivity index (χ0) is 10.7. The van der Waals surface area contributed by atoms with Crippen LogP contribution in [0, 0.1) is 0 Å². The number of thioether (sulfide) groups is 1. The summed E-state index contributed by atoms with van der Waals surface area (Å²) in [5, 5.41) is 0.892. The van der Waals surface area contributed by atoms with E-state index in [0.717, 1.165) is 17.3 Å².